The van der Waals surface area contributed by atoms with Crippen molar-refractivity contribution < 1.29 is 9.84 Å². The lowest BCUT2D eigenvalue weighted by Gasteiger charge is -2.36. The van der Waals surface area contributed by atoms with E-state index in [0.29, 0.717) is 0 Å². The van der Waals surface area contributed by atoms with Gasteiger partial charge in [0.05, 0.1) is 12.8 Å². The highest BCUT2D eigenvalue weighted by molar-refractivity contribution is 8.04. The average molecular weight is 345 g/mol. The van der Waals surface area contributed by atoms with Crippen LogP contribution in [0.15, 0.2) is 48.5 Å². The minimum atomic E-state index is -0.203. The van der Waals surface area contributed by atoms with Crippen molar-refractivity contribution in [2.75, 3.05) is 26.2 Å². The van der Waals surface area contributed by atoms with E-state index in [-0.39, 0.29) is 5.17 Å². The molecule has 0 saturated carbocycles. The maximum absolute atomic E-state index is 12.4. The summed E-state index contributed by atoms with van der Waals surface area (Å²) in [5.41, 5.74) is 2.73. The van der Waals surface area contributed by atoms with Gasteiger partial charge < -0.3 is 9.84 Å². The first-order valence-electron chi connectivity index (χ1n) is 6.87. The number of methoxy groups -OCH3 is 1. The quantitative estimate of drug-likeness (QED) is 0.629. The number of thiocarbonyl (C=S) groups is 1. The van der Waals surface area contributed by atoms with E-state index < -0.39 is 0 Å². The summed E-state index contributed by atoms with van der Waals surface area (Å²) in [6.07, 6.45) is 0. The van der Waals surface area contributed by atoms with Crippen molar-refractivity contribution >= 4 is 38.3 Å². The van der Waals surface area contributed by atoms with Gasteiger partial charge in [0, 0.05) is 29.1 Å². The van der Waals surface area contributed by atoms with Gasteiger partial charge in [-0.2, -0.15) is 0 Å². The molecule has 2 aromatic rings. The van der Waals surface area contributed by atoms with Crippen LogP contribution in [0.4, 0.5) is 5.69 Å². The fourth-order valence-electron chi connectivity index (χ4n) is 2.23. The van der Waals surface area contributed by atoms with Gasteiger partial charge in [-0.15, -0.1) is 0 Å². The van der Waals surface area contributed by atoms with Crippen molar-refractivity contribution in [3.8, 4) is 16.9 Å². The van der Waals surface area contributed by atoms with Crippen molar-refractivity contribution in [1.29, 1.82) is 0 Å². The number of hydrazine groups is 1. The predicted octanol–water partition coefficient (Wildman–Crippen LogP) is 2.66. The third-order valence-electron chi connectivity index (χ3n) is 3.24. The van der Waals surface area contributed by atoms with E-state index >= 15 is 0 Å². The zero-order valence-electron chi connectivity index (χ0n) is 13.1. The van der Waals surface area contributed by atoms with E-state index in [1.54, 1.807) is 17.1 Å². The highest BCUT2D eigenvalue weighted by Crippen LogP contribution is 2.32. The molecule has 0 aliphatic carbocycles. The maximum Gasteiger partial charge on any atom is 0.118 e. The van der Waals surface area contributed by atoms with Crippen molar-refractivity contribution in [1.82, 2.24) is 5.01 Å². The second kappa shape index (κ2) is 8.06. The van der Waals surface area contributed by atoms with Gasteiger partial charge >= 0.3 is 0 Å². The summed E-state index contributed by atoms with van der Waals surface area (Å²) in [6.45, 7) is 0. The van der Waals surface area contributed by atoms with Crippen LogP contribution in [0.25, 0.3) is 11.1 Å². The van der Waals surface area contributed by atoms with Crippen molar-refractivity contribution in [3.05, 3.63) is 48.5 Å². The summed E-state index contributed by atoms with van der Waals surface area (Å²) in [5.74, 6) is 0.789. The summed E-state index contributed by atoms with van der Waals surface area (Å²) in [6, 6.07) is 15.5. The lowest BCUT2D eigenvalue weighted by Crippen LogP contribution is -2.47. The number of para-hydroxylation sites is 1. The molecule has 4 nitrogen and oxygen atoms in total. The molecule has 0 amide bonds. The van der Waals surface area contributed by atoms with Gasteiger partial charge in [-0.3, -0.25) is 5.01 Å². The second-order valence-electron chi connectivity index (χ2n) is 4.86. The van der Waals surface area contributed by atoms with Crippen LogP contribution in [-0.2, 0) is 0 Å². The first-order valence-corrected chi connectivity index (χ1v) is 8.09. The normalized spacial score (nSPS) is 10.1. The molecule has 0 aliphatic rings. The van der Waals surface area contributed by atoms with Crippen LogP contribution in [-0.4, -0.2) is 35.7 Å². The largest absolute Gasteiger partial charge is 0.804 e. The Balaban J connectivity index is 2.59. The van der Waals surface area contributed by atoms with E-state index in [2.05, 4.69) is 16.5 Å². The molecule has 0 aliphatic heterocycles. The van der Waals surface area contributed by atoms with E-state index in [1.165, 1.54) is 0 Å². The smallest absolute Gasteiger partial charge is 0.118 e. The van der Waals surface area contributed by atoms with Crippen molar-refractivity contribution in [3.63, 3.8) is 0 Å². The molecule has 2 rings (SSSR count). The molecule has 0 bridgehead atoms. The topological polar surface area (TPSA) is 38.8 Å². The molecule has 2 aromatic carbocycles. The molecule has 0 unspecified atom stereocenters. The monoisotopic (exact) mass is 345 g/mol. The minimum absolute atomic E-state index is 0.203. The van der Waals surface area contributed by atoms with E-state index in [0.717, 1.165) is 33.5 Å². The van der Waals surface area contributed by atoms with Crippen LogP contribution < -0.4 is 14.9 Å². The Hall–Kier alpha value is -1.95. The average Bonchev–Trinajstić information content (AvgIpc) is 2.55. The van der Waals surface area contributed by atoms with Crippen LogP contribution in [0.3, 0.4) is 0 Å². The van der Waals surface area contributed by atoms with Gasteiger partial charge in [0.2, 0.25) is 0 Å². The summed E-state index contributed by atoms with van der Waals surface area (Å²) >= 11 is 4.67. The molecule has 0 atom stereocenters. The van der Waals surface area contributed by atoms with Crippen LogP contribution in [0, 0.1) is 0 Å². The standard InChI is InChI=1S/C17H18N2O2S2/c1-18(2)19(17(20)23-12-22)16-7-5-4-6-15(16)13-8-10-14(21-3)11-9-13/h4-11,20H,1-3H3/p-1. The zero-order chi connectivity index (χ0) is 16.8. The number of rotatable bonds is 4. The van der Waals surface area contributed by atoms with E-state index in [1.807, 2.05) is 62.6 Å². The summed E-state index contributed by atoms with van der Waals surface area (Å²) in [7, 11) is 6.12. The number of hydrogen-bond donors (Lipinski definition) is 0. The first kappa shape index (κ1) is 17.4. The lowest BCUT2D eigenvalue weighted by molar-refractivity contribution is -0.214. The Labute approximate surface area is 145 Å². The number of ether oxygens (including phenoxy) is 1. The molecule has 0 spiro atoms. The molecule has 6 heteroatoms. The Kier molecular flexibility index (Phi) is 6.10. The molecule has 0 fully saturated rings. The predicted molar refractivity (Wildman–Crippen MR) is 99.8 cm³/mol. The highest BCUT2D eigenvalue weighted by atomic mass is 32.1. The van der Waals surface area contributed by atoms with Gasteiger partial charge in [0.15, 0.2) is 0 Å². The zero-order valence-corrected chi connectivity index (χ0v) is 14.8. The SMILES string of the molecule is COc1ccc(-c2ccccc2N(C([O-])=S=C=S)N(C)C)cc1. The van der Waals surface area contributed by atoms with Crippen LogP contribution >= 0.6 is 23.2 Å². The summed E-state index contributed by atoms with van der Waals surface area (Å²) < 4.78 is 7.61. The Bertz CT molecular complexity index is 762. The second-order valence-corrected chi connectivity index (χ2v) is 6.08. The minimum Gasteiger partial charge on any atom is -0.804 e. The summed E-state index contributed by atoms with van der Waals surface area (Å²) in [5, 5.41) is 15.5. The van der Waals surface area contributed by atoms with Crippen molar-refractivity contribution in [2.45, 2.75) is 0 Å². The lowest BCUT2D eigenvalue weighted by atomic mass is 10.0. The highest BCUT2D eigenvalue weighted by Gasteiger charge is 2.13. The molecule has 120 valence electrons. The Morgan fingerprint density at radius 2 is 1.78 bits per heavy atom. The van der Waals surface area contributed by atoms with Crippen LogP contribution in [0.5, 0.6) is 5.75 Å². The fraction of sp³-hybridized carbons (Fsp3) is 0.176. The third-order valence-corrected chi connectivity index (χ3v) is 3.92. The third kappa shape index (κ3) is 4.07. The molecular formula is C17H17N2O2S2-. The fourth-order valence-corrected chi connectivity index (χ4v) is 2.86. The first-order chi connectivity index (χ1) is 11.1. The van der Waals surface area contributed by atoms with E-state index in [9.17, 15) is 5.11 Å². The number of hydrogen-bond acceptors (Lipinski definition) is 4. The molecular weight excluding hydrogens is 328 g/mol. The number of benzene rings is 2. The molecule has 0 saturated heterocycles. The molecule has 0 radical (unpaired) electrons. The number of anilines is 1. The van der Waals surface area contributed by atoms with Gasteiger partial charge in [0.25, 0.3) is 0 Å². The van der Waals surface area contributed by atoms with Gasteiger partial charge in [0.1, 0.15) is 5.75 Å². The van der Waals surface area contributed by atoms with Gasteiger partial charge in [-0.1, -0.05) is 41.3 Å². The summed E-state index contributed by atoms with van der Waals surface area (Å²) in [4.78, 5) is 0. The maximum atomic E-state index is 12.4. The van der Waals surface area contributed by atoms with Crippen LogP contribution in [0.1, 0.15) is 0 Å². The van der Waals surface area contributed by atoms with E-state index in [4.69, 9.17) is 4.74 Å². The van der Waals surface area contributed by atoms with Crippen LogP contribution in [0.2, 0.25) is 0 Å². The van der Waals surface area contributed by atoms with Crippen molar-refractivity contribution in [2.24, 2.45) is 0 Å². The molecule has 0 heterocycles. The molecule has 0 N–H and O–H groups in total. The molecule has 0 aromatic heterocycles. The Morgan fingerprint density at radius 1 is 1.13 bits per heavy atom. The van der Waals surface area contributed by atoms with Gasteiger partial charge in [-0.25, -0.2) is 5.01 Å². The molecule has 23 heavy (non-hydrogen) atoms. The Morgan fingerprint density at radius 3 is 2.35 bits per heavy atom. The van der Waals surface area contributed by atoms with Gasteiger partial charge in [-0.05, 0) is 36.0 Å². The number of nitrogens with zero attached hydrogens (tertiary/aromatic N) is 2.